The number of hydrogen-bond donors (Lipinski definition) is 1. The van der Waals surface area contributed by atoms with E-state index in [1.807, 2.05) is 0 Å². The fourth-order valence-corrected chi connectivity index (χ4v) is 2.35. The van der Waals surface area contributed by atoms with E-state index in [0.29, 0.717) is 28.7 Å². The van der Waals surface area contributed by atoms with Gasteiger partial charge in [0.05, 0.1) is 5.76 Å². The molecule has 0 amide bonds. The lowest BCUT2D eigenvalue weighted by Gasteiger charge is -2.22. The monoisotopic (exact) mass is 226 g/mol. The molecule has 3 heteroatoms. The first-order chi connectivity index (χ1) is 8.18. The zero-order valence-electron chi connectivity index (χ0n) is 9.06. The van der Waals surface area contributed by atoms with Crippen LogP contribution < -0.4 is 0 Å². The zero-order valence-corrected chi connectivity index (χ0v) is 9.06. The Labute approximate surface area is 98.1 Å². The van der Waals surface area contributed by atoms with E-state index in [4.69, 9.17) is 0 Å². The van der Waals surface area contributed by atoms with Gasteiger partial charge in [-0.1, -0.05) is 24.3 Å². The fourth-order valence-electron chi connectivity index (χ4n) is 2.35. The Bertz CT molecular complexity index is 606. The lowest BCUT2D eigenvalue weighted by molar-refractivity contribution is 0.0968. The molecule has 0 unspecified atom stereocenters. The minimum Gasteiger partial charge on any atom is -0.512 e. The maximum absolute atomic E-state index is 12.2. The molecule has 0 aromatic heterocycles. The molecule has 1 aromatic carbocycles. The third-order valence-electron chi connectivity index (χ3n) is 3.23. The quantitative estimate of drug-likeness (QED) is 0.739. The van der Waals surface area contributed by atoms with E-state index in [-0.39, 0.29) is 23.7 Å². The summed E-state index contributed by atoms with van der Waals surface area (Å²) < 4.78 is 0. The Balaban J connectivity index is 2.18. The van der Waals surface area contributed by atoms with E-state index < -0.39 is 0 Å². The number of carbonyl (C=O) groups excluding carboxylic acids is 2. The number of ketones is 2. The van der Waals surface area contributed by atoms with Gasteiger partial charge >= 0.3 is 0 Å². The second-order valence-electron chi connectivity index (χ2n) is 4.24. The number of allylic oxidation sites excluding steroid dienone is 3. The van der Waals surface area contributed by atoms with Crippen LogP contribution in [-0.2, 0) is 0 Å². The van der Waals surface area contributed by atoms with E-state index in [9.17, 15) is 14.7 Å². The highest BCUT2D eigenvalue weighted by Gasteiger charge is 2.33. The predicted octanol–water partition coefficient (Wildman–Crippen LogP) is 2.60. The molecular weight excluding hydrogens is 216 g/mol. The highest BCUT2D eigenvalue weighted by Crippen LogP contribution is 2.34. The molecule has 0 heterocycles. The number of fused-ring (bicyclic) bond motifs is 1. The van der Waals surface area contributed by atoms with Gasteiger partial charge in [0.2, 0.25) is 0 Å². The smallest absolute Gasteiger partial charge is 0.190 e. The summed E-state index contributed by atoms with van der Waals surface area (Å²) in [6.45, 7) is 0. The van der Waals surface area contributed by atoms with Crippen LogP contribution in [0.3, 0.4) is 0 Å². The summed E-state index contributed by atoms with van der Waals surface area (Å²) in [5, 5.41) is 9.46. The SMILES string of the molecule is O=C1C2=C(CC(O)=CC2)C(=O)c2ccccc21. The normalized spacial score (nSPS) is 18.7. The van der Waals surface area contributed by atoms with Crippen LogP contribution >= 0.6 is 0 Å². The van der Waals surface area contributed by atoms with Gasteiger partial charge in [-0.3, -0.25) is 9.59 Å². The highest BCUT2D eigenvalue weighted by atomic mass is 16.3. The minimum atomic E-state index is -0.130. The molecule has 2 aliphatic rings. The van der Waals surface area contributed by atoms with Crippen molar-refractivity contribution in [2.24, 2.45) is 0 Å². The number of benzene rings is 1. The summed E-state index contributed by atoms with van der Waals surface area (Å²) >= 11 is 0. The van der Waals surface area contributed by atoms with Crippen LogP contribution in [0.2, 0.25) is 0 Å². The molecule has 0 bridgehead atoms. The molecule has 17 heavy (non-hydrogen) atoms. The third-order valence-corrected chi connectivity index (χ3v) is 3.23. The molecule has 0 atom stereocenters. The maximum Gasteiger partial charge on any atom is 0.190 e. The van der Waals surface area contributed by atoms with Crippen LogP contribution in [0.5, 0.6) is 0 Å². The van der Waals surface area contributed by atoms with Crippen LogP contribution in [0.4, 0.5) is 0 Å². The number of Topliss-reactive ketones (excluding diaryl/α,β-unsaturated/α-hetero) is 2. The summed E-state index contributed by atoms with van der Waals surface area (Å²) in [5.41, 5.74) is 1.91. The molecule has 0 saturated heterocycles. The molecule has 1 aromatic rings. The second-order valence-corrected chi connectivity index (χ2v) is 4.24. The van der Waals surface area contributed by atoms with Crippen LogP contribution in [0.1, 0.15) is 33.6 Å². The number of hydrogen-bond acceptors (Lipinski definition) is 3. The molecule has 3 rings (SSSR count). The van der Waals surface area contributed by atoms with Crippen molar-refractivity contribution in [1.82, 2.24) is 0 Å². The Morgan fingerprint density at radius 3 is 2.18 bits per heavy atom. The van der Waals surface area contributed by atoms with Crippen molar-refractivity contribution in [2.75, 3.05) is 0 Å². The lowest BCUT2D eigenvalue weighted by atomic mass is 9.79. The summed E-state index contributed by atoms with van der Waals surface area (Å²) in [6.07, 6.45) is 2.12. The van der Waals surface area contributed by atoms with Gasteiger partial charge in [0.1, 0.15) is 0 Å². The van der Waals surface area contributed by atoms with Crippen molar-refractivity contribution in [3.8, 4) is 0 Å². The van der Waals surface area contributed by atoms with Gasteiger partial charge in [-0.05, 0) is 12.5 Å². The van der Waals surface area contributed by atoms with Gasteiger partial charge in [-0.15, -0.1) is 0 Å². The molecule has 2 aliphatic carbocycles. The topological polar surface area (TPSA) is 54.4 Å². The first-order valence-corrected chi connectivity index (χ1v) is 5.47. The van der Waals surface area contributed by atoms with Gasteiger partial charge in [0.15, 0.2) is 11.6 Å². The average molecular weight is 226 g/mol. The molecule has 0 radical (unpaired) electrons. The van der Waals surface area contributed by atoms with Crippen molar-refractivity contribution in [3.63, 3.8) is 0 Å². The fraction of sp³-hybridized carbons (Fsp3) is 0.143. The number of carbonyl (C=O) groups is 2. The molecule has 1 N–H and O–H groups in total. The summed E-state index contributed by atoms with van der Waals surface area (Å²) in [4.78, 5) is 24.4. The first-order valence-electron chi connectivity index (χ1n) is 5.47. The van der Waals surface area contributed by atoms with Gasteiger partial charge in [0.25, 0.3) is 0 Å². The number of rotatable bonds is 0. The van der Waals surface area contributed by atoms with Gasteiger partial charge in [-0.2, -0.15) is 0 Å². The Morgan fingerprint density at radius 2 is 1.53 bits per heavy atom. The van der Waals surface area contributed by atoms with Crippen molar-refractivity contribution >= 4 is 11.6 Å². The number of aliphatic hydroxyl groups excluding tert-OH is 1. The standard InChI is InChI=1S/C14H10O3/c15-8-5-6-11-12(7-8)14(17)10-4-2-1-3-9(10)13(11)16/h1-5,15H,6-7H2. The molecule has 3 nitrogen and oxygen atoms in total. The first kappa shape index (κ1) is 10.0. The largest absolute Gasteiger partial charge is 0.512 e. The molecule has 0 spiro atoms. The average Bonchev–Trinajstić information content (AvgIpc) is 2.36. The van der Waals surface area contributed by atoms with Gasteiger partial charge in [-0.25, -0.2) is 0 Å². The van der Waals surface area contributed by atoms with Crippen LogP contribution in [0.15, 0.2) is 47.2 Å². The van der Waals surface area contributed by atoms with Crippen LogP contribution in [0.25, 0.3) is 0 Å². The van der Waals surface area contributed by atoms with E-state index in [1.54, 1.807) is 30.3 Å². The molecule has 0 fully saturated rings. The summed E-state index contributed by atoms with van der Waals surface area (Å²) in [5.74, 6) is -0.0434. The Kier molecular flexibility index (Phi) is 2.01. The zero-order chi connectivity index (χ0) is 12.0. The Morgan fingerprint density at radius 1 is 0.941 bits per heavy atom. The van der Waals surface area contributed by atoms with Crippen molar-refractivity contribution in [1.29, 1.82) is 0 Å². The number of aliphatic hydroxyl groups is 1. The highest BCUT2D eigenvalue weighted by molar-refractivity contribution is 6.27. The predicted molar refractivity (Wildman–Crippen MR) is 62.1 cm³/mol. The van der Waals surface area contributed by atoms with E-state index in [0.717, 1.165) is 0 Å². The van der Waals surface area contributed by atoms with E-state index >= 15 is 0 Å². The second kappa shape index (κ2) is 3.42. The van der Waals surface area contributed by atoms with Gasteiger partial charge < -0.3 is 5.11 Å². The molecular formula is C14H10O3. The summed E-state index contributed by atoms with van der Waals surface area (Å²) in [6, 6.07) is 6.84. The van der Waals surface area contributed by atoms with Crippen LogP contribution in [-0.4, -0.2) is 16.7 Å². The van der Waals surface area contributed by atoms with Crippen LogP contribution in [0, 0.1) is 0 Å². The molecule has 84 valence electrons. The Hall–Kier alpha value is -2.16. The van der Waals surface area contributed by atoms with E-state index in [2.05, 4.69) is 0 Å². The van der Waals surface area contributed by atoms with Crippen molar-refractivity contribution in [3.05, 3.63) is 58.4 Å². The van der Waals surface area contributed by atoms with Gasteiger partial charge in [0, 0.05) is 28.7 Å². The van der Waals surface area contributed by atoms with E-state index in [1.165, 1.54) is 0 Å². The summed E-state index contributed by atoms with van der Waals surface area (Å²) in [7, 11) is 0. The van der Waals surface area contributed by atoms with Crippen molar-refractivity contribution in [2.45, 2.75) is 12.8 Å². The lowest BCUT2D eigenvalue weighted by Crippen LogP contribution is -2.23. The molecule has 0 saturated carbocycles. The van der Waals surface area contributed by atoms with Crippen molar-refractivity contribution < 1.29 is 14.7 Å². The third kappa shape index (κ3) is 1.35. The minimum absolute atomic E-state index is 0.0843. The maximum atomic E-state index is 12.2. The molecule has 0 aliphatic heterocycles.